The quantitative estimate of drug-likeness (QED) is 0.604. The summed E-state index contributed by atoms with van der Waals surface area (Å²) in [5.74, 6) is 0.418. The maximum atomic E-state index is 12.2. The Morgan fingerprint density at radius 1 is 1.33 bits per heavy atom. The maximum Gasteiger partial charge on any atom is 0.253 e. The summed E-state index contributed by atoms with van der Waals surface area (Å²) in [5.41, 5.74) is 2.48. The van der Waals surface area contributed by atoms with Crippen molar-refractivity contribution in [3.63, 3.8) is 0 Å². The number of halogens is 2. The number of carbonyl (C=O) groups is 1. The Morgan fingerprint density at radius 3 is 2.83 bits per heavy atom. The first-order valence-corrected chi connectivity index (χ1v) is 10.6. The molecule has 2 aromatic carbocycles. The molecule has 1 aliphatic rings. The Labute approximate surface area is 187 Å². The van der Waals surface area contributed by atoms with Gasteiger partial charge in [-0.05, 0) is 42.3 Å². The van der Waals surface area contributed by atoms with Gasteiger partial charge < -0.3 is 14.8 Å². The van der Waals surface area contributed by atoms with Crippen LogP contribution in [0.3, 0.4) is 0 Å². The summed E-state index contributed by atoms with van der Waals surface area (Å²) in [6.45, 7) is 9.44. The van der Waals surface area contributed by atoms with E-state index in [0.29, 0.717) is 36.1 Å². The third-order valence-corrected chi connectivity index (χ3v) is 5.45. The highest BCUT2D eigenvalue weighted by Gasteiger charge is 2.22. The van der Waals surface area contributed by atoms with Crippen molar-refractivity contribution < 1.29 is 14.3 Å². The van der Waals surface area contributed by atoms with Crippen molar-refractivity contribution >= 4 is 29.1 Å². The van der Waals surface area contributed by atoms with Gasteiger partial charge in [0.15, 0.2) is 0 Å². The largest absolute Gasteiger partial charge is 0.491 e. The fourth-order valence-corrected chi connectivity index (χ4v) is 3.67. The van der Waals surface area contributed by atoms with Gasteiger partial charge in [-0.25, -0.2) is 0 Å². The molecule has 1 atom stereocenters. The van der Waals surface area contributed by atoms with E-state index in [9.17, 15) is 4.79 Å². The van der Waals surface area contributed by atoms with Crippen LogP contribution >= 0.6 is 23.2 Å². The molecule has 1 amide bonds. The molecule has 1 fully saturated rings. The normalized spacial score (nSPS) is 16.8. The molecule has 0 saturated carbocycles. The fourth-order valence-electron chi connectivity index (χ4n) is 3.31. The van der Waals surface area contributed by atoms with Crippen molar-refractivity contribution in [2.75, 3.05) is 32.8 Å². The second-order valence-electron chi connectivity index (χ2n) is 7.26. The Balaban J connectivity index is 1.56. The minimum atomic E-state index is -0.233. The second kappa shape index (κ2) is 10.8. The van der Waals surface area contributed by atoms with Crippen molar-refractivity contribution in [1.82, 2.24) is 10.2 Å². The predicted molar refractivity (Wildman–Crippen MR) is 121 cm³/mol. The average molecular weight is 449 g/mol. The number of hydrogen-bond acceptors (Lipinski definition) is 4. The van der Waals surface area contributed by atoms with Crippen LogP contribution in [-0.2, 0) is 11.3 Å². The summed E-state index contributed by atoms with van der Waals surface area (Å²) >= 11 is 12.3. The van der Waals surface area contributed by atoms with Gasteiger partial charge in [-0.3, -0.25) is 9.69 Å². The molecule has 0 aromatic heterocycles. The van der Waals surface area contributed by atoms with E-state index in [-0.39, 0.29) is 12.0 Å². The third kappa shape index (κ3) is 6.22. The smallest absolute Gasteiger partial charge is 0.253 e. The van der Waals surface area contributed by atoms with E-state index in [1.165, 1.54) is 5.56 Å². The number of nitrogens with zero attached hydrogens (tertiary/aromatic N) is 1. The lowest BCUT2D eigenvalue weighted by molar-refractivity contribution is -0.0505. The molecule has 30 heavy (non-hydrogen) atoms. The molecule has 0 radical (unpaired) electrons. The molecule has 0 bridgehead atoms. The minimum absolute atomic E-state index is 0.0419. The highest BCUT2D eigenvalue weighted by atomic mass is 35.5. The average Bonchev–Trinajstić information content (AvgIpc) is 2.74. The molecule has 1 unspecified atom stereocenters. The molecule has 1 N–H and O–H groups in total. The summed E-state index contributed by atoms with van der Waals surface area (Å²) in [7, 11) is 0. The van der Waals surface area contributed by atoms with Gasteiger partial charge in [0.25, 0.3) is 5.91 Å². The standard InChI is InChI=1S/C23H26Cl2N2O3/c1-3-8-26-23(28)20-11-16(2)22(12-21(20)25)30-15-19-14-27(9-10-29-19)13-17-4-6-18(24)7-5-17/h3-7,11-12,19H,1,8-10,13-15H2,2H3,(H,26,28). The van der Waals surface area contributed by atoms with E-state index in [1.807, 2.05) is 31.2 Å². The van der Waals surface area contributed by atoms with Crippen molar-refractivity contribution in [3.05, 3.63) is 75.8 Å². The Bertz CT molecular complexity index is 887. The number of ether oxygens (including phenoxy) is 2. The number of hydrogen-bond donors (Lipinski definition) is 1. The summed E-state index contributed by atoms with van der Waals surface area (Å²) in [4.78, 5) is 14.5. The van der Waals surface area contributed by atoms with Crippen molar-refractivity contribution in [2.24, 2.45) is 0 Å². The maximum absolute atomic E-state index is 12.2. The van der Waals surface area contributed by atoms with E-state index in [0.717, 1.165) is 30.2 Å². The van der Waals surface area contributed by atoms with Gasteiger partial charge in [0.2, 0.25) is 0 Å². The van der Waals surface area contributed by atoms with Gasteiger partial charge in [0.05, 0.1) is 17.2 Å². The Kier molecular flexibility index (Phi) is 8.16. The molecular weight excluding hydrogens is 423 g/mol. The summed E-state index contributed by atoms with van der Waals surface area (Å²) in [6, 6.07) is 11.3. The van der Waals surface area contributed by atoms with Gasteiger partial charge >= 0.3 is 0 Å². The number of aryl methyl sites for hydroxylation is 1. The molecule has 5 nitrogen and oxygen atoms in total. The summed E-state index contributed by atoms with van der Waals surface area (Å²) < 4.78 is 11.9. The van der Waals surface area contributed by atoms with Crippen LogP contribution in [0.1, 0.15) is 21.5 Å². The van der Waals surface area contributed by atoms with Crippen molar-refractivity contribution in [2.45, 2.75) is 19.6 Å². The molecule has 3 rings (SSSR count). The zero-order valence-electron chi connectivity index (χ0n) is 17.0. The van der Waals surface area contributed by atoms with Crippen molar-refractivity contribution in [1.29, 1.82) is 0 Å². The number of nitrogens with one attached hydrogen (secondary N) is 1. The number of benzene rings is 2. The van der Waals surface area contributed by atoms with E-state index in [2.05, 4.69) is 16.8 Å². The fraction of sp³-hybridized carbons (Fsp3) is 0.348. The Hall–Kier alpha value is -2.05. The predicted octanol–water partition coefficient (Wildman–Crippen LogP) is 4.50. The first kappa shape index (κ1) is 22.6. The van der Waals surface area contributed by atoms with Crippen LogP contribution in [0.15, 0.2) is 49.1 Å². The number of amides is 1. The second-order valence-corrected chi connectivity index (χ2v) is 8.11. The first-order chi connectivity index (χ1) is 14.5. The van der Waals surface area contributed by atoms with Gasteiger partial charge in [0.1, 0.15) is 18.5 Å². The van der Waals surface area contributed by atoms with Gasteiger partial charge in [-0.2, -0.15) is 0 Å². The lowest BCUT2D eigenvalue weighted by atomic mass is 10.1. The highest BCUT2D eigenvalue weighted by molar-refractivity contribution is 6.34. The van der Waals surface area contributed by atoms with E-state index in [1.54, 1.807) is 18.2 Å². The van der Waals surface area contributed by atoms with Crippen LogP contribution in [0.2, 0.25) is 10.0 Å². The van der Waals surface area contributed by atoms with Gasteiger partial charge in [0, 0.05) is 31.2 Å². The SMILES string of the molecule is C=CCNC(=O)c1cc(C)c(OCC2CN(Cc3ccc(Cl)cc3)CCO2)cc1Cl. The third-order valence-electron chi connectivity index (χ3n) is 4.88. The zero-order chi connectivity index (χ0) is 21.5. The molecule has 2 aromatic rings. The van der Waals surface area contributed by atoms with Crippen LogP contribution in [0.5, 0.6) is 5.75 Å². The van der Waals surface area contributed by atoms with Crippen molar-refractivity contribution in [3.8, 4) is 5.75 Å². The Morgan fingerprint density at radius 2 is 2.10 bits per heavy atom. The lowest BCUT2D eigenvalue weighted by Gasteiger charge is -2.33. The molecule has 0 aliphatic carbocycles. The van der Waals surface area contributed by atoms with E-state index in [4.69, 9.17) is 32.7 Å². The molecule has 7 heteroatoms. The topological polar surface area (TPSA) is 50.8 Å². The van der Waals surface area contributed by atoms with Gasteiger partial charge in [-0.1, -0.05) is 41.4 Å². The van der Waals surface area contributed by atoms with Crippen LogP contribution < -0.4 is 10.1 Å². The highest BCUT2D eigenvalue weighted by Crippen LogP contribution is 2.27. The number of carbonyl (C=O) groups excluding carboxylic acids is 1. The summed E-state index contributed by atoms with van der Waals surface area (Å²) in [5, 5.41) is 3.83. The first-order valence-electron chi connectivity index (χ1n) is 9.86. The molecular formula is C23H26Cl2N2O3. The van der Waals surface area contributed by atoms with Crippen LogP contribution in [0.4, 0.5) is 0 Å². The summed E-state index contributed by atoms with van der Waals surface area (Å²) in [6.07, 6.45) is 1.58. The zero-order valence-corrected chi connectivity index (χ0v) is 18.5. The molecule has 0 spiro atoms. The molecule has 1 saturated heterocycles. The van der Waals surface area contributed by atoms with E-state index >= 15 is 0 Å². The van der Waals surface area contributed by atoms with Gasteiger partial charge in [-0.15, -0.1) is 6.58 Å². The van der Waals surface area contributed by atoms with Crippen LogP contribution in [0.25, 0.3) is 0 Å². The monoisotopic (exact) mass is 448 g/mol. The van der Waals surface area contributed by atoms with E-state index < -0.39 is 0 Å². The van der Waals surface area contributed by atoms with Crippen LogP contribution in [0, 0.1) is 6.92 Å². The molecule has 160 valence electrons. The van der Waals surface area contributed by atoms with Crippen LogP contribution in [-0.4, -0.2) is 49.8 Å². The molecule has 1 aliphatic heterocycles. The molecule has 1 heterocycles. The minimum Gasteiger partial charge on any atom is -0.491 e. The number of morpholine rings is 1. The number of rotatable bonds is 8. The lowest BCUT2D eigenvalue weighted by Crippen LogP contribution is -2.44.